The van der Waals surface area contributed by atoms with Gasteiger partial charge in [-0.05, 0) is 25.2 Å². The summed E-state index contributed by atoms with van der Waals surface area (Å²) < 4.78 is 7.77. The predicted molar refractivity (Wildman–Crippen MR) is 75.8 cm³/mol. The number of pyridine rings is 1. The first kappa shape index (κ1) is 12.5. The summed E-state index contributed by atoms with van der Waals surface area (Å²) in [6, 6.07) is 5.59. The number of Topliss-reactive ketones (excluding diaryl/α,β-unsaturated/α-hetero) is 1. The van der Waals surface area contributed by atoms with Crippen LogP contribution in [0, 0.1) is 0 Å². The number of rotatable bonds is 1. The lowest BCUT2D eigenvalue weighted by Gasteiger charge is -2.39. The molecule has 6 nitrogen and oxygen atoms in total. The second-order valence-corrected chi connectivity index (χ2v) is 5.61. The highest BCUT2D eigenvalue weighted by atomic mass is 16.5. The van der Waals surface area contributed by atoms with Crippen LogP contribution in [0.15, 0.2) is 30.6 Å². The Labute approximate surface area is 122 Å². The van der Waals surface area contributed by atoms with Crippen LogP contribution in [-0.2, 0) is 0 Å². The predicted octanol–water partition coefficient (Wildman–Crippen LogP) is 1.35. The van der Waals surface area contributed by atoms with E-state index in [2.05, 4.69) is 15.4 Å². The van der Waals surface area contributed by atoms with Gasteiger partial charge in [-0.15, -0.1) is 0 Å². The van der Waals surface area contributed by atoms with Gasteiger partial charge in [-0.1, -0.05) is 6.07 Å². The summed E-state index contributed by atoms with van der Waals surface area (Å²) in [5.74, 6) is 1.33. The normalized spacial score (nSPS) is 20.1. The minimum atomic E-state index is -0.354. The number of hydrogen-bond acceptors (Lipinski definition) is 5. The van der Waals surface area contributed by atoms with Crippen LogP contribution in [0.4, 0.5) is 0 Å². The van der Waals surface area contributed by atoms with Crippen molar-refractivity contribution in [2.45, 2.75) is 24.9 Å². The van der Waals surface area contributed by atoms with Crippen molar-refractivity contribution in [2.75, 3.05) is 13.1 Å². The summed E-state index contributed by atoms with van der Waals surface area (Å²) in [6.07, 6.45) is 5.59. The van der Waals surface area contributed by atoms with E-state index in [1.807, 2.05) is 18.2 Å². The fourth-order valence-electron chi connectivity index (χ4n) is 3.04. The van der Waals surface area contributed by atoms with Crippen molar-refractivity contribution in [3.05, 3.63) is 36.3 Å². The molecule has 2 aromatic rings. The Kier molecular flexibility index (Phi) is 2.78. The number of aromatic nitrogens is 3. The summed E-state index contributed by atoms with van der Waals surface area (Å²) in [4.78, 5) is 16.7. The van der Waals surface area contributed by atoms with Gasteiger partial charge < -0.3 is 10.1 Å². The molecular weight excluding hydrogens is 268 g/mol. The van der Waals surface area contributed by atoms with E-state index >= 15 is 0 Å². The van der Waals surface area contributed by atoms with Crippen LogP contribution in [0.3, 0.4) is 0 Å². The molecule has 0 radical (unpaired) electrons. The molecule has 0 aromatic carbocycles. The van der Waals surface area contributed by atoms with Gasteiger partial charge >= 0.3 is 0 Å². The van der Waals surface area contributed by atoms with Crippen LogP contribution in [0.1, 0.15) is 29.8 Å². The highest BCUT2D eigenvalue weighted by Gasteiger charge is 2.43. The maximum absolute atomic E-state index is 12.4. The smallest absolute Gasteiger partial charge is 0.190 e. The Morgan fingerprint density at radius 1 is 1.29 bits per heavy atom. The van der Waals surface area contributed by atoms with Crippen LogP contribution in [-0.4, -0.2) is 39.2 Å². The van der Waals surface area contributed by atoms with E-state index < -0.39 is 0 Å². The number of piperidine rings is 1. The third kappa shape index (κ3) is 2.12. The van der Waals surface area contributed by atoms with E-state index in [9.17, 15) is 4.79 Å². The molecule has 2 aliphatic heterocycles. The molecule has 21 heavy (non-hydrogen) atoms. The molecule has 2 aromatic heterocycles. The lowest BCUT2D eigenvalue weighted by atomic mass is 9.84. The number of ether oxygens (including phenoxy) is 1. The van der Waals surface area contributed by atoms with Gasteiger partial charge in [0.1, 0.15) is 5.60 Å². The molecule has 0 bridgehead atoms. The van der Waals surface area contributed by atoms with Crippen molar-refractivity contribution in [1.29, 1.82) is 0 Å². The molecule has 0 atom stereocenters. The van der Waals surface area contributed by atoms with E-state index in [0.717, 1.165) is 25.9 Å². The van der Waals surface area contributed by atoms with Crippen LogP contribution in [0.25, 0.3) is 5.82 Å². The van der Waals surface area contributed by atoms with E-state index in [0.29, 0.717) is 23.7 Å². The van der Waals surface area contributed by atoms with Gasteiger partial charge in [0.05, 0.1) is 12.6 Å². The summed E-state index contributed by atoms with van der Waals surface area (Å²) in [5, 5.41) is 7.65. The first-order valence-corrected chi connectivity index (χ1v) is 7.20. The maximum Gasteiger partial charge on any atom is 0.190 e. The lowest BCUT2D eigenvalue weighted by Crippen LogP contribution is -2.49. The number of carbonyl (C=O) groups is 1. The molecule has 1 N–H and O–H groups in total. The van der Waals surface area contributed by atoms with Gasteiger partial charge in [0, 0.05) is 19.0 Å². The Morgan fingerprint density at radius 3 is 2.90 bits per heavy atom. The fourth-order valence-corrected chi connectivity index (χ4v) is 3.04. The quantitative estimate of drug-likeness (QED) is 0.856. The van der Waals surface area contributed by atoms with E-state index in [1.54, 1.807) is 17.1 Å². The zero-order valence-corrected chi connectivity index (χ0v) is 11.6. The molecule has 4 rings (SSSR count). The molecule has 0 saturated carbocycles. The fraction of sp³-hybridized carbons (Fsp3) is 0.400. The largest absolute Gasteiger partial charge is 0.483 e. The van der Waals surface area contributed by atoms with Crippen molar-refractivity contribution < 1.29 is 9.53 Å². The molecule has 0 unspecified atom stereocenters. The molecule has 1 spiro atoms. The third-order valence-electron chi connectivity index (χ3n) is 4.15. The van der Waals surface area contributed by atoms with Gasteiger partial charge in [-0.2, -0.15) is 5.10 Å². The molecule has 1 saturated heterocycles. The second-order valence-electron chi connectivity index (χ2n) is 5.61. The maximum atomic E-state index is 12.4. The minimum absolute atomic E-state index is 0.0628. The lowest BCUT2D eigenvalue weighted by molar-refractivity contribution is 0.0185. The average molecular weight is 284 g/mol. The van der Waals surface area contributed by atoms with Crippen LogP contribution in [0.2, 0.25) is 0 Å². The number of nitrogens with one attached hydrogen (secondary N) is 1. The number of nitrogens with zero attached hydrogens (tertiary/aromatic N) is 3. The number of fused-ring (bicyclic) bond motifs is 1. The standard InChI is InChI=1S/C15H16N4O2/c20-11-9-15(4-7-16-8-5-15)21-12-10-19(18-14(11)12)13-3-1-2-6-17-13/h1-3,6,10,16H,4-5,7-9H2. The second kappa shape index (κ2) is 4.66. The first-order valence-electron chi connectivity index (χ1n) is 7.20. The Balaban J connectivity index is 1.71. The molecule has 1 fully saturated rings. The molecule has 2 aliphatic rings. The van der Waals surface area contributed by atoms with Gasteiger partial charge in [0.2, 0.25) is 0 Å². The topological polar surface area (TPSA) is 69.0 Å². The summed E-state index contributed by atoms with van der Waals surface area (Å²) >= 11 is 0. The molecule has 0 aliphatic carbocycles. The van der Waals surface area contributed by atoms with Gasteiger partial charge in [0.15, 0.2) is 23.0 Å². The molecule has 4 heterocycles. The van der Waals surface area contributed by atoms with Crippen molar-refractivity contribution in [3.63, 3.8) is 0 Å². The van der Waals surface area contributed by atoms with E-state index in [1.165, 1.54) is 0 Å². The van der Waals surface area contributed by atoms with Crippen LogP contribution < -0.4 is 10.1 Å². The van der Waals surface area contributed by atoms with Crippen molar-refractivity contribution in [3.8, 4) is 11.6 Å². The molecule has 6 heteroatoms. The number of carbonyl (C=O) groups excluding carboxylic acids is 1. The summed E-state index contributed by atoms with van der Waals surface area (Å²) in [5.41, 5.74) is 0.0673. The highest BCUT2D eigenvalue weighted by molar-refractivity contribution is 5.98. The molecule has 0 amide bonds. The molecular formula is C15H16N4O2. The van der Waals surface area contributed by atoms with Crippen molar-refractivity contribution >= 4 is 5.78 Å². The zero-order chi connectivity index (χ0) is 14.3. The highest BCUT2D eigenvalue weighted by Crippen LogP contribution is 2.37. The third-order valence-corrected chi connectivity index (χ3v) is 4.15. The minimum Gasteiger partial charge on any atom is -0.483 e. The SMILES string of the molecule is O=C1CC2(CCNCC2)Oc2cn(-c3ccccn3)nc21. The number of ketones is 1. The van der Waals surface area contributed by atoms with E-state index in [4.69, 9.17) is 4.74 Å². The summed E-state index contributed by atoms with van der Waals surface area (Å²) in [7, 11) is 0. The van der Waals surface area contributed by atoms with Crippen molar-refractivity contribution in [2.24, 2.45) is 0 Å². The van der Waals surface area contributed by atoms with Gasteiger partial charge in [-0.3, -0.25) is 4.79 Å². The number of hydrogen-bond donors (Lipinski definition) is 1. The Bertz CT molecular complexity index is 674. The van der Waals surface area contributed by atoms with Crippen LogP contribution in [0.5, 0.6) is 5.75 Å². The Hall–Kier alpha value is -2.21. The molecule has 108 valence electrons. The van der Waals surface area contributed by atoms with Crippen molar-refractivity contribution in [1.82, 2.24) is 20.1 Å². The zero-order valence-electron chi connectivity index (χ0n) is 11.6. The monoisotopic (exact) mass is 284 g/mol. The Morgan fingerprint density at radius 2 is 2.14 bits per heavy atom. The van der Waals surface area contributed by atoms with E-state index in [-0.39, 0.29) is 11.4 Å². The van der Waals surface area contributed by atoms with Gasteiger partial charge in [-0.25, -0.2) is 9.67 Å². The average Bonchev–Trinajstić information content (AvgIpc) is 2.93. The summed E-state index contributed by atoms with van der Waals surface area (Å²) in [6.45, 7) is 1.77. The van der Waals surface area contributed by atoms with Crippen LogP contribution >= 0.6 is 0 Å². The first-order chi connectivity index (χ1) is 10.3. The van der Waals surface area contributed by atoms with Gasteiger partial charge in [0.25, 0.3) is 0 Å².